The number of hydrogen-bond acceptors (Lipinski definition) is 4. The first-order valence-electron chi connectivity index (χ1n) is 8.55. The zero-order valence-corrected chi connectivity index (χ0v) is 15.4. The number of aliphatic hydroxyl groups is 2. The van der Waals surface area contributed by atoms with Gasteiger partial charge in [0.1, 0.15) is 6.29 Å². The Morgan fingerprint density at radius 1 is 1.21 bits per heavy atom. The van der Waals surface area contributed by atoms with Crippen molar-refractivity contribution in [2.75, 3.05) is 6.61 Å². The predicted molar refractivity (Wildman–Crippen MR) is 97.7 cm³/mol. The largest absolute Gasteiger partial charge is 0.392 e. The minimum absolute atomic E-state index is 0.00137. The summed E-state index contributed by atoms with van der Waals surface area (Å²) >= 11 is 0. The van der Waals surface area contributed by atoms with Gasteiger partial charge in [0.05, 0.1) is 12.2 Å². The lowest BCUT2D eigenvalue weighted by Crippen LogP contribution is -2.16. The van der Waals surface area contributed by atoms with E-state index in [0.717, 1.165) is 36.7 Å². The molecule has 0 aliphatic heterocycles. The highest BCUT2D eigenvalue weighted by Crippen LogP contribution is 2.15. The van der Waals surface area contributed by atoms with Crippen LogP contribution < -0.4 is 0 Å². The molecule has 0 saturated heterocycles. The van der Waals surface area contributed by atoms with Crippen LogP contribution in [0.1, 0.15) is 59.8 Å². The highest BCUT2D eigenvalue weighted by molar-refractivity contribution is 5.91. The molecule has 2 N–H and O–H groups in total. The molecule has 0 heterocycles. The fourth-order valence-corrected chi connectivity index (χ4v) is 2.16. The molecule has 0 radical (unpaired) electrons. The molecule has 0 aliphatic carbocycles. The van der Waals surface area contributed by atoms with Crippen molar-refractivity contribution in [3.63, 3.8) is 0 Å². The first-order valence-corrected chi connectivity index (χ1v) is 8.55. The summed E-state index contributed by atoms with van der Waals surface area (Å²) < 4.78 is 0. The Kier molecular flexibility index (Phi) is 11.2. The molecule has 0 saturated carbocycles. The molecule has 4 heteroatoms. The fraction of sp³-hybridized carbons (Fsp3) is 0.600. The smallest absolute Gasteiger partial charge is 0.158 e. The average Bonchev–Trinajstić information content (AvgIpc) is 2.50. The van der Waals surface area contributed by atoms with E-state index in [0.29, 0.717) is 12.8 Å². The summed E-state index contributed by atoms with van der Waals surface area (Å²) in [6.07, 6.45) is 11.3. The maximum atomic E-state index is 11.9. The van der Waals surface area contributed by atoms with Crippen molar-refractivity contribution in [1.29, 1.82) is 0 Å². The number of aldehydes is 1. The second-order valence-corrected chi connectivity index (χ2v) is 6.85. The molecule has 0 spiro atoms. The van der Waals surface area contributed by atoms with Crippen LogP contribution in [0.3, 0.4) is 0 Å². The van der Waals surface area contributed by atoms with Crippen molar-refractivity contribution in [2.24, 2.45) is 5.92 Å². The van der Waals surface area contributed by atoms with Gasteiger partial charge >= 0.3 is 0 Å². The van der Waals surface area contributed by atoms with E-state index in [1.807, 2.05) is 19.9 Å². The molecule has 136 valence electrons. The van der Waals surface area contributed by atoms with Gasteiger partial charge in [0.15, 0.2) is 5.78 Å². The average molecular weight is 336 g/mol. The lowest BCUT2D eigenvalue weighted by molar-refractivity contribution is -0.118. The van der Waals surface area contributed by atoms with Crippen molar-refractivity contribution in [3.05, 3.63) is 35.5 Å². The molecule has 0 aromatic heterocycles. The lowest BCUT2D eigenvalue weighted by Gasteiger charge is -2.11. The van der Waals surface area contributed by atoms with Crippen molar-refractivity contribution in [2.45, 2.75) is 65.4 Å². The van der Waals surface area contributed by atoms with E-state index in [9.17, 15) is 14.7 Å². The molecule has 0 unspecified atom stereocenters. The quantitative estimate of drug-likeness (QED) is 0.325. The first kappa shape index (κ1) is 22.5. The van der Waals surface area contributed by atoms with E-state index in [4.69, 9.17) is 5.11 Å². The van der Waals surface area contributed by atoms with Crippen LogP contribution in [0.25, 0.3) is 0 Å². The van der Waals surface area contributed by atoms with Gasteiger partial charge in [-0.2, -0.15) is 0 Å². The van der Waals surface area contributed by atoms with Gasteiger partial charge in [-0.15, -0.1) is 0 Å². The molecule has 0 aromatic rings. The summed E-state index contributed by atoms with van der Waals surface area (Å²) in [6.45, 7) is 7.12. The van der Waals surface area contributed by atoms with Gasteiger partial charge in [-0.3, -0.25) is 9.59 Å². The highest BCUT2D eigenvalue weighted by atomic mass is 16.3. The van der Waals surface area contributed by atoms with Crippen LogP contribution in [0.15, 0.2) is 35.5 Å². The zero-order chi connectivity index (χ0) is 18.6. The van der Waals surface area contributed by atoms with Gasteiger partial charge in [0.25, 0.3) is 0 Å². The summed E-state index contributed by atoms with van der Waals surface area (Å²) in [7, 11) is 0. The predicted octanol–water partition coefficient (Wildman–Crippen LogP) is 3.53. The Hall–Kier alpha value is -1.52. The second kappa shape index (κ2) is 11.9. The minimum Gasteiger partial charge on any atom is -0.392 e. The van der Waals surface area contributed by atoms with Crippen molar-refractivity contribution in [3.8, 4) is 0 Å². The zero-order valence-electron chi connectivity index (χ0n) is 15.4. The standard InChI is InChI=1S/C20H32O4/c1-16(12-14-21)7-5-9-18(15-22)10-6-8-17(2)19(23)11-13-20(3,4)24/h9,11-13,15,17,21,24H,5-8,10,14H2,1-4H3/b13-11+,16-12-,18-9-/t17-/m0/s1. The van der Waals surface area contributed by atoms with Gasteiger partial charge < -0.3 is 10.2 Å². The lowest BCUT2D eigenvalue weighted by atomic mass is 9.96. The van der Waals surface area contributed by atoms with Crippen molar-refractivity contribution in [1.82, 2.24) is 0 Å². The molecule has 4 nitrogen and oxygen atoms in total. The Morgan fingerprint density at radius 3 is 2.42 bits per heavy atom. The van der Waals surface area contributed by atoms with Crippen LogP contribution in [0.5, 0.6) is 0 Å². The monoisotopic (exact) mass is 336 g/mol. The Labute approximate surface area is 146 Å². The third kappa shape index (κ3) is 12.0. The molecule has 0 bridgehead atoms. The molecule has 0 rings (SSSR count). The van der Waals surface area contributed by atoms with E-state index >= 15 is 0 Å². The maximum Gasteiger partial charge on any atom is 0.158 e. The van der Waals surface area contributed by atoms with Gasteiger partial charge in [0, 0.05) is 5.92 Å². The molecule has 24 heavy (non-hydrogen) atoms. The number of hydrogen-bond donors (Lipinski definition) is 2. The summed E-state index contributed by atoms with van der Waals surface area (Å²) in [5.74, 6) is -0.121. The SMILES string of the molecule is C/C(=C/CO)CC/C=C(\C=O)CCC[C@H](C)C(=O)/C=C/C(C)(C)O. The van der Waals surface area contributed by atoms with Gasteiger partial charge in [0.2, 0.25) is 0 Å². The number of carbonyl (C=O) groups excluding carboxylic acids is 2. The Morgan fingerprint density at radius 2 is 1.88 bits per heavy atom. The van der Waals surface area contributed by atoms with E-state index < -0.39 is 5.60 Å². The fourth-order valence-electron chi connectivity index (χ4n) is 2.16. The van der Waals surface area contributed by atoms with Crippen LogP contribution in [-0.2, 0) is 9.59 Å². The molecule has 0 aliphatic rings. The molecule has 1 atom stereocenters. The van der Waals surface area contributed by atoms with Crippen LogP contribution in [0, 0.1) is 5.92 Å². The number of rotatable bonds is 12. The summed E-state index contributed by atoms with van der Waals surface area (Å²) in [4.78, 5) is 23.0. The van der Waals surface area contributed by atoms with Crippen LogP contribution in [-0.4, -0.2) is 34.5 Å². The van der Waals surface area contributed by atoms with Crippen molar-refractivity contribution < 1.29 is 19.8 Å². The van der Waals surface area contributed by atoms with Crippen LogP contribution in [0.2, 0.25) is 0 Å². The van der Waals surface area contributed by atoms with Gasteiger partial charge in [-0.25, -0.2) is 0 Å². The molecule has 0 aromatic carbocycles. The second-order valence-electron chi connectivity index (χ2n) is 6.85. The van der Waals surface area contributed by atoms with Crippen LogP contribution in [0.4, 0.5) is 0 Å². The summed E-state index contributed by atoms with van der Waals surface area (Å²) in [6, 6.07) is 0. The number of carbonyl (C=O) groups is 2. The minimum atomic E-state index is -0.981. The Balaban J connectivity index is 4.26. The normalized spacial score (nSPS) is 14.9. The van der Waals surface area contributed by atoms with Gasteiger partial charge in [-0.05, 0) is 64.5 Å². The van der Waals surface area contributed by atoms with E-state index in [2.05, 4.69) is 0 Å². The summed E-state index contributed by atoms with van der Waals surface area (Å²) in [5, 5.41) is 18.4. The number of allylic oxidation sites excluding steroid dienone is 4. The molecular formula is C20H32O4. The van der Waals surface area contributed by atoms with E-state index in [-0.39, 0.29) is 18.3 Å². The third-order valence-electron chi connectivity index (χ3n) is 3.78. The van der Waals surface area contributed by atoms with E-state index in [1.54, 1.807) is 19.9 Å². The third-order valence-corrected chi connectivity index (χ3v) is 3.78. The molecule has 0 fully saturated rings. The van der Waals surface area contributed by atoms with Gasteiger partial charge in [-0.1, -0.05) is 30.7 Å². The maximum absolute atomic E-state index is 11.9. The topological polar surface area (TPSA) is 74.6 Å². The molecule has 0 amide bonds. The highest BCUT2D eigenvalue weighted by Gasteiger charge is 2.12. The van der Waals surface area contributed by atoms with E-state index in [1.165, 1.54) is 12.2 Å². The van der Waals surface area contributed by atoms with Crippen molar-refractivity contribution >= 4 is 12.1 Å². The van der Waals surface area contributed by atoms with Crippen LogP contribution >= 0.6 is 0 Å². The number of aliphatic hydroxyl groups excluding tert-OH is 1. The number of ketones is 1. The molecular weight excluding hydrogens is 304 g/mol. The first-order chi connectivity index (χ1) is 11.2. The summed E-state index contributed by atoms with van der Waals surface area (Å²) in [5.41, 5.74) is 0.890. The Bertz CT molecular complexity index is 478.